The first-order chi connectivity index (χ1) is 7.00. The molecule has 0 aromatic heterocycles. The quantitative estimate of drug-likeness (QED) is 0.699. The third kappa shape index (κ3) is 3.51. The topological polar surface area (TPSA) is 77.8 Å². The van der Waals surface area contributed by atoms with Crippen LogP contribution in [0.2, 0.25) is 0 Å². The van der Waals surface area contributed by atoms with E-state index in [1.807, 2.05) is 6.92 Å². The Labute approximate surface area is 88.7 Å². The first kappa shape index (κ1) is 12.0. The van der Waals surface area contributed by atoms with Crippen LogP contribution in [0.3, 0.4) is 0 Å². The van der Waals surface area contributed by atoms with Gasteiger partial charge < -0.3 is 15.1 Å². The molecular weight excluding hydrogens is 198 g/mol. The molecule has 2 N–H and O–H groups in total. The largest absolute Gasteiger partial charge is 0.481 e. The van der Waals surface area contributed by atoms with Gasteiger partial charge in [-0.25, -0.2) is 0 Å². The van der Waals surface area contributed by atoms with Crippen molar-refractivity contribution in [1.29, 1.82) is 0 Å². The molecule has 2 atom stereocenters. The maximum Gasteiger partial charge on any atom is 0.303 e. The first-order valence-corrected chi connectivity index (χ1v) is 5.18. The lowest BCUT2D eigenvalue weighted by molar-refractivity contribution is -0.142. The number of nitrogens with zero attached hydrogens (tertiary/aromatic N) is 1. The van der Waals surface area contributed by atoms with Crippen molar-refractivity contribution in [2.24, 2.45) is 5.92 Å². The highest BCUT2D eigenvalue weighted by Gasteiger charge is 2.26. The van der Waals surface area contributed by atoms with Gasteiger partial charge in [-0.15, -0.1) is 0 Å². The predicted molar refractivity (Wildman–Crippen MR) is 53.2 cm³/mol. The normalized spacial score (nSPS) is 26.4. The second-order valence-electron chi connectivity index (χ2n) is 4.07. The van der Waals surface area contributed by atoms with Crippen molar-refractivity contribution in [3.63, 3.8) is 0 Å². The van der Waals surface area contributed by atoms with Crippen LogP contribution in [0.15, 0.2) is 0 Å². The third-order valence-corrected chi connectivity index (χ3v) is 2.77. The van der Waals surface area contributed by atoms with Crippen molar-refractivity contribution in [3.05, 3.63) is 0 Å². The lowest BCUT2D eigenvalue weighted by atomic mass is 9.96. The maximum absolute atomic E-state index is 11.5. The highest BCUT2D eigenvalue weighted by atomic mass is 16.4. The number of rotatable bonds is 3. The molecule has 1 aliphatic heterocycles. The molecule has 0 saturated carbocycles. The number of aliphatic carboxylic acids is 1. The van der Waals surface area contributed by atoms with Crippen molar-refractivity contribution in [1.82, 2.24) is 4.90 Å². The minimum Gasteiger partial charge on any atom is -0.481 e. The number of carbonyl (C=O) groups excluding carboxylic acids is 1. The minimum absolute atomic E-state index is 0.0537. The number of aliphatic hydroxyl groups is 1. The zero-order valence-corrected chi connectivity index (χ0v) is 8.85. The van der Waals surface area contributed by atoms with Gasteiger partial charge >= 0.3 is 5.97 Å². The molecule has 86 valence electrons. The van der Waals surface area contributed by atoms with E-state index in [0.29, 0.717) is 19.5 Å². The van der Waals surface area contributed by atoms with Gasteiger partial charge in [-0.3, -0.25) is 9.59 Å². The number of carbonyl (C=O) groups is 2. The van der Waals surface area contributed by atoms with E-state index in [9.17, 15) is 14.7 Å². The van der Waals surface area contributed by atoms with E-state index in [4.69, 9.17) is 5.11 Å². The summed E-state index contributed by atoms with van der Waals surface area (Å²) in [7, 11) is 0. The van der Waals surface area contributed by atoms with E-state index in [1.165, 1.54) is 0 Å². The lowest BCUT2D eigenvalue weighted by Crippen LogP contribution is -2.45. The molecule has 1 saturated heterocycles. The second-order valence-corrected chi connectivity index (χ2v) is 4.07. The summed E-state index contributed by atoms with van der Waals surface area (Å²) in [6.07, 6.45) is 0.179. The predicted octanol–water partition coefficient (Wildman–Crippen LogP) is 0.0805. The Morgan fingerprint density at radius 3 is 2.60 bits per heavy atom. The molecule has 0 aromatic carbocycles. The van der Waals surface area contributed by atoms with Crippen LogP contribution in [0.25, 0.3) is 0 Å². The summed E-state index contributed by atoms with van der Waals surface area (Å²) in [4.78, 5) is 23.5. The van der Waals surface area contributed by atoms with Crippen LogP contribution in [-0.2, 0) is 9.59 Å². The van der Waals surface area contributed by atoms with E-state index < -0.39 is 5.97 Å². The van der Waals surface area contributed by atoms with Crippen LogP contribution in [0.5, 0.6) is 0 Å². The smallest absolute Gasteiger partial charge is 0.303 e. The molecule has 15 heavy (non-hydrogen) atoms. The van der Waals surface area contributed by atoms with Crippen molar-refractivity contribution in [2.45, 2.75) is 32.3 Å². The highest BCUT2D eigenvalue weighted by Crippen LogP contribution is 2.17. The molecular formula is C10H17NO4. The van der Waals surface area contributed by atoms with Crippen LogP contribution >= 0.6 is 0 Å². The monoisotopic (exact) mass is 215 g/mol. The van der Waals surface area contributed by atoms with Crippen LogP contribution < -0.4 is 0 Å². The van der Waals surface area contributed by atoms with Crippen LogP contribution in [-0.4, -0.2) is 46.2 Å². The molecule has 1 aliphatic rings. The number of amides is 1. The van der Waals surface area contributed by atoms with E-state index in [1.54, 1.807) is 4.90 Å². The van der Waals surface area contributed by atoms with Crippen molar-refractivity contribution in [2.75, 3.05) is 13.1 Å². The zero-order valence-electron chi connectivity index (χ0n) is 8.85. The van der Waals surface area contributed by atoms with Crippen molar-refractivity contribution in [3.8, 4) is 0 Å². The summed E-state index contributed by atoms with van der Waals surface area (Å²) in [6.45, 7) is 2.95. The van der Waals surface area contributed by atoms with Gasteiger partial charge in [0.2, 0.25) is 5.91 Å². The Morgan fingerprint density at radius 2 is 2.07 bits per heavy atom. The average Bonchev–Trinajstić information content (AvgIpc) is 2.18. The highest BCUT2D eigenvalue weighted by molar-refractivity contribution is 5.80. The molecule has 0 spiro atoms. The molecule has 1 fully saturated rings. The second kappa shape index (κ2) is 5.11. The van der Waals surface area contributed by atoms with Gasteiger partial charge in [0.25, 0.3) is 0 Å². The number of hydrogen-bond donors (Lipinski definition) is 2. The molecule has 0 aliphatic carbocycles. The first-order valence-electron chi connectivity index (χ1n) is 5.18. The summed E-state index contributed by atoms with van der Waals surface area (Å²) in [6, 6.07) is 0. The summed E-state index contributed by atoms with van der Waals surface area (Å²) < 4.78 is 0. The van der Waals surface area contributed by atoms with Crippen LogP contribution in [0, 0.1) is 5.92 Å². The molecule has 1 amide bonds. The summed E-state index contributed by atoms with van der Waals surface area (Å²) >= 11 is 0. The van der Waals surface area contributed by atoms with Gasteiger partial charge in [-0.1, -0.05) is 6.92 Å². The Kier molecular flexibility index (Phi) is 4.08. The molecule has 1 heterocycles. The van der Waals surface area contributed by atoms with E-state index in [-0.39, 0.29) is 30.8 Å². The van der Waals surface area contributed by atoms with Crippen LogP contribution in [0.1, 0.15) is 26.2 Å². The summed E-state index contributed by atoms with van der Waals surface area (Å²) in [5.41, 5.74) is 0. The van der Waals surface area contributed by atoms with Crippen molar-refractivity contribution < 1.29 is 19.8 Å². The fraction of sp³-hybridized carbons (Fsp3) is 0.800. The number of carboxylic acid groups (broad SMARTS) is 1. The maximum atomic E-state index is 11.5. The standard InChI is InChI=1S/C10H17NO4/c1-7-6-11(5-4-8(7)12)9(13)2-3-10(14)15/h7-8,12H,2-6H2,1H3,(H,14,15)/t7-,8-/m0/s1. The number of carboxylic acids is 1. The van der Waals surface area contributed by atoms with Gasteiger partial charge in [-0.05, 0) is 12.3 Å². The van der Waals surface area contributed by atoms with Gasteiger partial charge in [-0.2, -0.15) is 0 Å². The molecule has 1 rings (SSSR count). The number of aliphatic hydroxyl groups excluding tert-OH is 1. The average molecular weight is 215 g/mol. The summed E-state index contributed by atoms with van der Waals surface area (Å²) in [5.74, 6) is -1.00. The Morgan fingerprint density at radius 1 is 1.40 bits per heavy atom. The van der Waals surface area contributed by atoms with E-state index in [0.717, 1.165) is 0 Å². The summed E-state index contributed by atoms with van der Waals surface area (Å²) in [5, 5.41) is 17.9. The molecule has 0 aromatic rings. The molecule has 5 nitrogen and oxygen atoms in total. The van der Waals surface area contributed by atoms with Gasteiger partial charge in [0.1, 0.15) is 0 Å². The SMILES string of the molecule is C[C@H]1CN(C(=O)CCC(=O)O)CC[C@@H]1O. The molecule has 0 radical (unpaired) electrons. The van der Waals surface area contributed by atoms with Gasteiger partial charge in [0, 0.05) is 19.5 Å². The lowest BCUT2D eigenvalue weighted by Gasteiger charge is -2.34. The Hall–Kier alpha value is -1.10. The minimum atomic E-state index is -0.951. The molecule has 5 heteroatoms. The van der Waals surface area contributed by atoms with Crippen molar-refractivity contribution >= 4 is 11.9 Å². The van der Waals surface area contributed by atoms with Gasteiger partial charge in [0.05, 0.1) is 12.5 Å². The number of hydrogen-bond acceptors (Lipinski definition) is 3. The molecule has 0 bridgehead atoms. The zero-order chi connectivity index (χ0) is 11.4. The van der Waals surface area contributed by atoms with E-state index >= 15 is 0 Å². The molecule has 0 unspecified atom stereocenters. The van der Waals surface area contributed by atoms with E-state index in [2.05, 4.69) is 0 Å². The third-order valence-electron chi connectivity index (χ3n) is 2.77. The number of piperidine rings is 1. The number of likely N-dealkylation sites (tertiary alicyclic amines) is 1. The van der Waals surface area contributed by atoms with Crippen LogP contribution in [0.4, 0.5) is 0 Å². The van der Waals surface area contributed by atoms with Gasteiger partial charge in [0.15, 0.2) is 0 Å². The fourth-order valence-electron chi connectivity index (χ4n) is 1.73. The Balaban J connectivity index is 2.37. The Bertz CT molecular complexity index is 254. The fourth-order valence-corrected chi connectivity index (χ4v) is 1.73.